The van der Waals surface area contributed by atoms with Crippen molar-refractivity contribution in [2.75, 3.05) is 16.4 Å². The Labute approximate surface area is 247 Å². The largest absolute Gasteiger partial charge is 0.478 e. The van der Waals surface area contributed by atoms with E-state index < -0.39 is 17.8 Å². The molecule has 212 valence electrons. The maximum absolute atomic E-state index is 13.4. The van der Waals surface area contributed by atoms with E-state index in [1.165, 1.54) is 23.9 Å². The van der Waals surface area contributed by atoms with Crippen LogP contribution in [0.2, 0.25) is 0 Å². The summed E-state index contributed by atoms with van der Waals surface area (Å²) < 4.78 is 0. The highest BCUT2D eigenvalue weighted by Gasteiger charge is 2.16. The number of rotatable bonds is 10. The average molecular weight is 580 g/mol. The van der Waals surface area contributed by atoms with Gasteiger partial charge in [0.15, 0.2) is 0 Å². The molecule has 0 spiro atoms. The van der Waals surface area contributed by atoms with Crippen LogP contribution in [0.5, 0.6) is 0 Å². The van der Waals surface area contributed by atoms with E-state index in [1.807, 2.05) is 37.3 Å². The fourth-order valence-electron chi connectivity index (χ4n) is 3.93. The molecular weight excluding hydrogens is 550 g/mol. The number of aromatic carboxylic acids is 1. The molecule has 9 heteroatoms. The van der Waals surface area contributed by atoms with Crippen LogP contribution in [0.25, 0.3) is 6.08 Å². The number of carboxylic acid groups (broad SMARTS) is 1. The molecule has 42 heavy (non-hydrogen) atoms. The molecule has 0 saturated carbocycles. The molecule has 0 aliphatic rings. The zero-order valence-electron chi connectivity index (χ0n) is 23.0. The number of carbonyl (C=O) groups excluding carboxylic acids is 3. The van der Waals surface area contributed by atoms with Crippen LogP contribution in [0.4, 0.5) is 11.4 Å². The maximum atomic E-state index is 13.4. The van der Waals surface area contributed by atoms with Gasteiger partial charge in [0.2, 0.25) is 5.91 Å². The van der Waals surface area contributed by atoms with E-state index in [4.69, 9.17) is 0 Å². The van der Waals surface area contributed by atoms with Gasteiger partial charge >= 0.3 is 5.97 Å². The second kappa shape index (κ2) is 14.0. The second-order valence-corrected chi connectivity index (χ2v) is 10.4. The zero-order valence-corrected chi connectivity index (χ0v) is 23.8. The summed E-state index contributed by atoms with van der Waals surface area (Å²) in [7, 11) is 0. The lowest BCUT2D eigenvalue weighted by atomic mass is 10.1. The molecule has 0 aromatic heterocycles. The summed E-state index contributed by atoms with van der Waals surface area (Å²) in [5.74, 6) is -2.22. The van der Waals surface area contributed by atoms with Crippen LogP contribution in [0.15, 0.2) is 108 Å². The Morgan fingerprint density at radius 2 is 1.50 bits per heavy atom. The third-order valence-electron chi connectivity index (χ3n) is 6.24. The molecule has 0 radical (unpaired) electrons. The van der Waals surface area contributed by atoms with Gasteiger partial charge in [-0.2, -0.15) is 0 Å². The first-order chi connectivity index (χ1) is 20.2. The highest BCUT2D eigenvalue weighted by molar-refractivity contribution is 8.00. The minimum absolute atomic E-state index is 0.0692. The summed E-state index contributed by atoms with van der Waals surface area (Å²) in [5.41, 5.74) is 3.98. The number of amides is 3. The van der Waals surface area contributed by atoms with Crippen LogP contribution in [-0.2, 0) is 9.59 Å². The van der Waals surface area contributed by atoms with Gasteiger partial charge in [0.1, 0.15) is 5.70 Å². The van der Waals surface area contributed by atoms with Gasteiger partial charge in [-0.15, -0.1) is 11.8 Å². The molecule has 0 aliphatic heterocycles. The first-order valence-electron chi connectivity index (χ1n) is 13.0. The van der Waals surface area contributed by atoms with Crippen molar-refractivity contribution in [3.05, 3.63) is 131 Å². The number of hydrogen-bond acceptors (Lipinski definition) is 5. The van der Waals surface area contributed by atoms with E-state index >= 15 is 0 Å². The average Bonchev–Trinajstić information content (AvgIpc) is 2.98. The Hall–Kier alpha value is -5.15. The van der Waals surface area contributed by atoms with E-state index in [0.29, 0.717) is 16.9 Å². The molecule has 4 N–H and O–H groups in total. The molecule has 4 aromatic carbocycles. The Morgan fingerprint density at radius 1 is 0.762 bits per heavy atom. The van der Waals surface area contributed by atoms with Crippen molar-refractivity contribution < 1.29 is 24.3 Å². The lowest BCUT2D eigenvalue weighted by Crippen LogP contribution is -2.30. The normalized spacial score (nSPS) is 11.0. The molecular formula is C33H29N3O5S. The highest BCUT2D eigenvalue weighted by atomic mass is 32.2. The molecule has 0 bridgehead atoms. The Balaban J connectivity index is 1.45. The third-order valence-corrected chi connectivity index (χ3v) is 7.23. The number of aryl methyl sites for hydroxylation is 2. The summed E-state index contributed by atoms with van der Waals surface area (Å²) in [6.45, 7) is 3.70. The minimum Gasteiger partial charge on any atom is -0.478 e. The quantitative estimate of drug-likeness (QED) is 0.132. The zero-order chi connectivity index (χ0) is 30.1. The minimum atomic E-state index is -1.07. The smallest absolute Gasteiger partial charge is 0.335 e. The van der Waals surface area contributed by atoms with Crippen molar-refractivity contribution in [1.29, 1.82) is 0 Å². The van der Waals surface area contributed by atoms with Gasteiger partial charge in [0.05, 0.1) is 11.3 Å². The van der Waals surface area contributed by atoms with E-state index in [-0.39, 0.29) is 22.9 Å². The monoisotopic (exact) mass is 579 g/mol. The molecule has 3 amide bonds. The summed E-state index contributed by atoms with van der Waals surface area (Å²) in [5, 5.41) is 17.6. The number of anilines is 2. The van der Waals surface area contributed by atoms with Crippen LogP contribution in [0.3, 0.4) is 0 Å². The fraction of sp³-hybridized carbons (Fsp3) is 0.0909. The van der Waals surface area contributed by atoms with Crippen LogP contribution in [-0.4, -0.2) is 34.6 Å². The summed E-state index contributed by atoms with van der Waals surface area (Å²) in [6, 6.07) is 27.7. The van der Waals surface area contributed by atoms with Crippen LogP contribution < -0.4 is 16.0 Å². The number of carboxylic acids is 1. The van der Waals surface area contributed by atoms with Gasteiger partial charge in [-0.05, 0) is 79.1 Å². The van der Waals surface area contributed by atoms with Gasteiger partial charge in [-0.1, -0.05) is 54.6 Å². The predicted molar refractivity (Wildman–Crippen MR) is 166 cm³/mol. The molecule has 0 fully saturated rings. The molecule has 0 saturated heterocycles. The van der Waals surface area contributed by atoms with Gasteiger partial charge in [0.25, 0.3) is 11.8 Å². The van der Waals surface area contributed by atoms with Gasteiger partial charge in [0, 0.05) is 21.8 Å². The van der Waals surface area contributed by atoms with Crippen molar-refractivity contribution in [1.82, 2.24) is 5.32 Å². The molecule has 4 rings (SSSR count). The maximum Gasteiger partial charge on any atom is 0.335 e. The van der Waals surface area contributed by atoms with Crippen molar-refractivity contribution in [3.8, 4) is 0 Å². The summed E-state index contributed by atoms with van der Waals surface area (Å²) >= 11 is 1.26. The first-order valence-corrected chi connectivity index (χ1v) is 14.0. The lowest BCUT2D eigenvalue weighted by molar-refractivity contribution is -0.114. The Morgan fingerprint density at radius 3 is 2.24 bits per heavy atom. The topological polar surface area (TPSA) is 125 Å². The predicted octanol–water partition coefficient (Wildman–Crippen LogP) is 6.14. The third kappa shape index (κ3) is 8.18. The van der Waals surface area contributed by atoms with Crippen LogP contribution in [0.1, 0.15) is 37.4 Å². The SMILES string of the molecule is Cc1ccccc1/C=C(\NC(=O)c1ccccc1)C(=O)Nc1cccc(SCC(=O)Nc2cc(C(=O)O)ccc2C)c1. The van der Waals surface area contributed by atoms with Gasteiger partial charge in [-0.3, -0.25) is 14.4 Å². The second-order valence-electron chi connectivity index (χ2n) is 9.39. The number of benzene rings is 4. The molecule has 0 heterocycles. The summed E-state index contributed by atoms with van der Waals surface area (Å²) in [6.07, 6.45) is 1.63. The van der Waals surface area contributed by atoms with E-state index in [9.17, 15) is 24.3 Å². The standard InChI is InChI=1S/C33H29N3O5S/c1-21-9-6-7-12-24(21)17-29(36-31(38)23-10-4-3-5-11-23)32(39)34-26-13-8-14-27(19-26)42-20-30(37)35-28-18-25(33(40)41)16-15-22(28)2/h3-19H,20H2,1-2H3,(H,34,39)(H,35,37)(H,36,38)(H,40,41)/b29-17-. The van der Waals surface area contributed by atoms with E-state index in [0.717, 1.165) is 21.6 Å². The first kappa shape index (κ1) is 29.8. The number of nitrogens with one attached hydrogen (secondary N) is 3. The molecule has 8 nitrogen and oxygen atoms in total. The molecule has 0 aliphatic carbocycles. The van der Waals surface area contributed by atoms with Crippen molar-refractivity contribution >= 4 is 52.9 Å². The Bertz CT molecular complexity index is 1670. The van der Waals surface area contributed by atoms with Crippen LogP contribution in [0, 0.1) is 13.8 Å². The number of hydrogen-bond donors (Lipinski definition) is 4. The Kier molecular flexibility index (Phi) is 9.91. The molecule has 0 unspecified atom stereocenters. The van der Waals surface area contributed by atoms with Crippen LogP contribution >= 0.6 is 11.8 Å². The number of carbonyl (C=O) groups is 4. The summed E-state index contributed by atoms with van der Waals surface area (Å²) in [4.78, 5) is 50.9. The van der Waals surface area contributed by atoms with Crippen molar-refractivity contribution in [2.24, 2.45) is 0 Å². The van der Waals surface area contributed by atoms with Gasteiger partial charge < -0.3 is 21.1 Å². The highest BCUT2D eigenvalue weighted by Crippen LogP contribution is 2.24. The van der Waals surface area contributed by atoms with Crippen molar-refractivity contribution in [2.45, 2.75) is 18.7 Å². The molecule has 4 aromatic rings. The fourth-order valence-corrected chi connectivity index (χ4v) is 4.69. The van der Waals surface area contributed by atoms with Gasteiger partial charge in [-0.25, -0.2) is 4.79 Å². The van der Waals surface area contributed by atoms with E-state index in [2.05, 4.69) is 16.0 Å². The molecule has 0 atom stereocenters. The van der Waals surface area contributed by atoms with E-state index in [1.54, 1.807) is 67.6 Å². The lowest BCUT2D eigenvalue weighted by Gasteiger charge is -2.13. The van der Waals surface area contributed by atoms with Crippen molar-refractivity contribution in [3.63, 3.8) is 0 Å². The number of thioether (sulfide) groups is 1.